The van der Waals surface area contributed by atoms with E-state index in [-0.39, 0.29) is 23.1 Å². The highest BCUT2D eigenvalue weighted by Crippen LogP contribution is 2.36. The van der Waals surface area contributed by atoms with E-state index in [0.29, 0.717) is 11.3 Å². The van der Waals surface area contributed by atoms with Crippen molar-refractivity contribution in [2.45, 2.75) is 6.92 Å². The Morgan fingerprint density at radius 1 is 1.32 bits per heavy atom. The van der Waals surface area contributed by atoms with Crippen molar-refractivity contribution in [2.75, 3.05) is 19.6 Å². The highest BCUT2D eigenvalue weighted by molar-refractivity contribution is 5.82. The predicted molar refractivity (Wildman–Crippen MR) is 79.8 cm³/mol. The molecule has 0 fully saturated rings. The fraction of sp³-hybridized carbons (Fsp3) is 0.231. The number of methoxy groups -OCH3 is 2. The van der Waals surface area contributed by atoms with E-state index in [9.17, 15) is 9.90 Å². The maximum atomic E-state index is 11.1. The zero-order valence-electron chi connectivity index (χ0n) is 12.2. The van der Waals surface area contributed by atoms with Gasteiger partial charge in [-0.1, -0.05) is 0 Å². The summed E-state index contributed by atoms with van der Waals surface area (Å²) in [5.74, 6) is 0.671. The molecule has 0 bridgehead atoms. The number of phenolic OH excluding ortho intramolecular Hbond substituents is 1. The van der Waals surface area contributed by atoms with Gasteiger partial charge in [0.2, 0.25) is 5.75 Å². The lowest BCUT2D eigenvalue weighted by molar-refractivity contribution is 0.340. The second kappa shape index (κ2) is 6.57. The maximum absolute atomic E-state index is 11.1. The first-order chi connectivity index (χ1) is 10.5. The van der Waals surface area contributed by atoms with Crippen LogP contribution in [-0.4, -0.2) is 40.7 Å². The van der Waals surface area contributed by atoms with Crippen molar-refractivity contribution < 1.29 is 14.6 Å². The summed E-state index contributed by atoms with van der Waals surface area (Å²) in [5.41, 5.74) is 3.17. The molecule has 116 valence electrons. The van der Waals surface area contributed by atoms with Crippen LogP contribution >= 0.6 is 0 Å². The molecule has 1 heterocycles. The van der Waals surface area contributed by atoms with Crippen LogP contribution in [0.4, 0.5) is 5.82 Å². The van der Waals surface area contributed by atoms with Gasteiger partial charge in [-0.2, -0.15) is 15.2 Å². The van der Waals surface area contributed by atoms with Crippen LogP contribution in [0.1, 0.15) is 11.3 Å². The summed E-state index contributed by atoms with van der Waals surface area (Å²) in [6.45, 7) is 1.67. The lowest BCUT2D eigenvalue weighted by Gasteiger charge is -2.09. The summed E-state index contributed by atoms with van der Waals surface area (Å²) >= 11 is 0. The van der Waals surface area contributed by atoms with E-state index < -0.39 is 5.69 Å². The van der Waals surface area contributed by atoms with Gasteiger partial charge in [-0.3, -0.25) is 5.43 Å². The van der Waals surface area contributed by atoms with Gasteiger partial charge >= 0.3 is 5.69 Å². The average molecular weight is 305 g/mol. The number of anilines is 1. The van der Waals surface area contributed by atoms with E-state index in [1.165, 1.54) is 20.4 Å². The molecule has 0 saturated carbocycles. The molecule has 1 aromatic heterocycles. The minimum absolute atomic E-state index is 0.0913. The summed E-state index contributed by atoms with van der Waals surface area (Å²) in [5, 5.41) is 19.8. The zero-order valence-corrected chi connectivity index (χ0v) is 12.2. The molecular formula is C13H15N5O4. The molecule has 2 aromatic rings. The molecule has 0 radical (unpaired) electrons. The Morgan fingerprint density at radius 2 is 1.95 bits per heavy atom. The monoisotopic (exact) mass is 305 g/mol. The van der Waals surface area contributed by atoms with Crippen molar-refractivity contribution in [3.63, 3.8) is 0 Å². The number of H-pyrrole nitrogens is 1. The molecule has 0 amide bonds. The van der Waals surface area contributed by atoms with Gasteiger partial charge in [0.05, 0.1) is 20.4 Å². The van der Waals surface area contributed by atoms with Gasteiger partial charge in [0.1, 0.15) is 5.69 Å². The molecule has 1 aromatic carbocycles. The molecule has 0 spiro atoms. The highest BCUT2D eigenvalue weighted by atomic mass is 16.5. The minimum Gasteiger partial charge on any atom is -0.502 e. The maximum Gasteiger partial charge on any atom is 0.363 e. The van der Waals surface area contributed by atoms with E-state index >= 15 is 0 Å². The number of aromatic nitrogens is 3. The molecule has 0 aliphatic rings. The van der Waals surface area contributed by atoms with Crippen molar-refractivity contribution in [1.82, 2.24) is 15.2 Å². The number of aromatic amines is 1. The molecular weight excluding hydrogens is 290 g/mol. The number of rotatable bonds is 5. The third-order valence-corrected chi connectivity index (χ3v) is 2.76. The third kappa shape index (κ3) is 3.32. The molecule has 0 atom stereocenters. The van der Waals surface area contributed by atoms with Crippen molar-refractivity contribution in [3.05, 3.63) is 33.9 Å². The zero-order chi connectivity index (χ0) is 16.1. The van der Waals surface area contributed by atoms with E-state index in [0.717, 1.165) is 0 Å². The SMILES string of the molecule is COc1cc(/C=N\Nc2nc(=O)[nH]nc2C)cc(OC)c1O. The highest BCUT2D eigenvalue weighted by Gasteiger charge is 2.10. The summed E-state index contributed by atoms with van der Waals surface area (Å²) in [6, 6.07) is 3.17. The number of hydrogen-bond donors (Lipinski definition) is 3. The number of ether oxygens (including phenoxy) is 2. The van der Waals surface area contributed by atoms with Gasteiger partial charge in [0, 0.05) is 5.56 Å². The largest absolute Gasteiger partial charge is 0.502 e. The molecule has 9 heteroatoms. The Kier molecular flexibility index (Phi) is 4.57. The quantitative estimate of drug-likeness (QED) is 0.547. The number of hydrazone groups is 1. The first kappa shape index (κ1) is 15.3. The van der Waals surface area contributed by atoms with E-state index in [1.54, 1.807) is 19.1 Å². The Labute approximate surface area is 125 Å². The molecule has 9 nitrogen and oxygen atoms in total. The number of phenols is 1. The molecule has 0 aliphatic carbocycles. The minimum atomic E-state index is -0.573. The van der Waals surface area contributed by atoms with Gasteiger partial charge in [-0.05, 0) is 19.1 Å². The summed E-state index contributed by atoms with van der Waals surface area (Å²) in [7, 11) is 2.87. The summed E-state index contributed by atoms with van der Waals surface area (Å²) in [6.07, 6.45) is 1.47. The number of aryl methyl sites for hydroxylation is 1. The number of hydrogen-bond acceptors (Lipinski definition) is 8. The fourth-order valence-electron chi connectivity index (χ4n) is 1.65. The number of benzene rings is 1. The molecule has 0 aliphatic heterocycles. The second-order valence-electron chi connectivity index (χ2n) is 4.22. The molecule has 22 heavy (non-hydrogen) atoms. The fourth-order valence-corrected chi connectivity index (χ4v) is 1.65. The predicted octanol–water partition coefficient (Wildman–Crippen LogP) is 0.642. The van der Waals surface area contributed by atoms with Gasteiger partial charge in [0.15, 0.2) is 17.3 Å². The first-order valence-corrected chi connectivity index (χ1v) is 6.22. The Bertz CT molecular complexity index is 731. The second-order valence-corrected chi connectivity index (χ2v) is 4.22. The number of aromatic hydroxyl groups is 1. The van der Waals surface area contributed by atoms with E-state index in [2.05, 4.69) is 25.7 Å². The topological polar surface area (TPSA) is 122 Å². The van der Waals surface area contributed by atoms with Crippen molar-refractivity contribution >= 4 is 12.0 Å². The van der Waals surface area contributed by atoms with Crippen LogP contribution in [0, 0.1) is 6.92 Å². The van der Waals surface area contributed by atoms with Crippen LogP contribution in [0.2, 0.25) is 0 Å². The standard InChI is InChI=1S/C13H15N5O4/c1-7-12(15-13(20)18-16-7)17-14-6-8-4-9(21-2)11(19)10(5-8)22-3/h4-6,19H,1-3H3,(H2,15,17,18,20)/b14-6-. The van der Waals surface area contributed by atoms with Crippen molar-refractivity contribution in [3.8, 4) is 17.2 Å². The number of nitrogens with zero attached hydrogens (tertiary/aromatic N) is 3. The van der Waals surface area contributed by atoms with Crippen LogP contribution in [0.15, 0.2) is 22.0 Å². The van der Waals surface area contributed by atoms with E-state index in [1.807, 2.05) is 0 Å². The van der Waals surface area contributed by atoms with Crippen molar-refractivity contribution in [1.29, 1.82) is 0 Å². The Balaban J connectivity index is 2.23. The van der Waals surface area contributed by atoms with Crippen LogP contribution in [-0.2, 0) is 0 Å². The van der Waals surface area contributed by atoms with Crippen LogP contribution < -0.4 is 20.6 Å². The normalized spacial score (nSPS) is 10.7. The molecule has 2 rings (SSSR count). The third-order valence-electron chi connectivity index (χ3n) is 2.76. The van der Waals surface area contributed by atoms with Crippen LogP contribution in [0.3, 0.4) is 0 Å². The van der Waals surface area contributed by atoms with Crippen LogP contribution in [0.25, 0.3) is 0 Å². The average Bonchev–Trinajstić information content (AvgIpc) is 2.52. The lowest BCUT2D eigenvalue weighted by Crippen LogP contribution is -2.15. The van der Waals surface area contributed by atoms with Gasteiger partial charge in [0.25, 0.3) is 0 Å². The van der Waals surface area contributed by atoms with Crippen LogP contribution in [0.5, 0.6) is 17.2 Å². The lowest BCUT2D eigenvalue weighted by atomic mass is 10.2. The summed E-state index contributed by atoms with van der Waals surface area (Å²) in [4.78, 5) is 14.8. The van der Waals surface area contributed by atoms with Gasteiger partial charge in [-0.25, -0.2) is 9.89 Å². The molecule has 3 N–H and O–H groups in total. The number of nitrogens with one attached hydrogen (secondary N) is 2. The van der Waals surface area contributed by atoms with Gasteiger partial charge in [-0.15, -0.1) is 0 Å². The summed E-state index contributed by atoms with van der Waals surface area (Å²) < 4.78 is 10.1. The van der Waals surface area contributed by atoms with Crippen molar-refractivity contribution in [2.24, 2.45) is 5.10 Å². The Hall–Kier alpha value is -3.10. The van der Waals surface area contributed by atoms with E-state index in [4.69, 9.17) is 9.47 Å². The van der Waals surface area contributed by atoms with Gasteiger partial charge < -0.3 is 14.6 Å². The first-order valence-electron chi connectivity index (χ1n) is 6.22. The smallest absolute Gasteiger partial charge is 0.363 e. The molecule has 0 unspecified atom stereocenters. The Morgan fingerprint density at radius 3 is 2.55 bits per heavy atom. The molecule has 0 saturated heterocycles.